The highest BCUT2D eigenvalue weighted by molar-refractivity contribution is 5.88. The van der Waals surface area contributed by atoms with Crippen LogP contribution in [0.3, 0.4) is 0 Å². The minimum atomic E-state index is -2.15. The van der Waals surface area contributed by atoms with Crippen molar-refractivity contribution in [3.05, 3.63) is 35.1 Å². The summed E-state index contributed by atoms with van der Waals surface area (Å²) in [7, 11) is 1.93. The number of benzene rings is 1. The Kier molecular flexibility index (Phi) is 5.72. The van der Waals surface area contributed by atoms with Crippen LogP contribution >= 0.6 is 0 Å². The summed E-state index contributed by atoms with van der Waals surface area (Å²) in [5.74, 6) is -4.94. The summed E-state index contributed by atoms with van der Waals surface area (Å²) in [6.45, 7) is 2.52. The van der Waals surface area contributed by atoms with E-state index in [2.05, 4.69) is 4.90 Å². The van der Waals surface area contributed by atoms with Gasteiger partial charge >= 0.3 is 23.9 Å². The van der Waals surface area contributed by atoms with Crippen LogP contribution in [0.25, 0.3) is 0 Å². The molecule has 3 N–H and O–H groups in total. The Labute approximate surface area is 211 Å². The molecular weight excluding hydrogens is 490 g/mol. The van der Waals surface area contributed by atoms with Crippen LogP contribution in [-0.4, -0.2) is 87.6 Å². The molecule has 5 rings (SSSR count). The van der Waals surface area contributed by atoms with E-state index in [9.17, 15) is 34.5 Å². The third-order valence-corrected chi connectivity index (χ3v) is 7.91. The molecule has 198 valence electrons. The van der Waals surface area contributed by atoms with E-state index in [1.807, 2.05) is 7.05 Å². The lowest BCUT2D eigenvalue weighted by atomic mass is 9.50. The molecule has 1 fully saturated rings. The summed E-state index contributed by atoms with van der Waals surface area (Å²) in [6.07, 6.45) is -2.72. The molecule has 0 amide bonds. The first kappa shape index (κ1) is 25.0. The maximum atomic E-state index is 13.2. The van der Waals surface area contributed by atoms with Gasteiger partial charge in [0, 0.05) is 31.9 Å². The third-order valence-electron chi connectivity index (χ3n) is 7.91. The molecule has 4 aliphatic rings. The molecular formula is C25H27NO11. The standard InChI is InChI=1S/C25H27NO11/c1-11(27)34-19(22(30)31)20(35-12(2)28)23(32)36-15-6-7-25(33)16-10-13-4-5-14(29)18-17(13)24(25,21(15)37-18)8-9-26(16)3/h4-6,16,19-21,29,33H,7-10H2,1-3H3,(H,30,31)/t16-,19+,20+,21?,24?,25-/m1/s1. The average Bonchev–Trinajstić information content (AvgIpc) is 3.17. The number of likely N-dealkylation sites (tertiary alicyclic amines) is 1. The van der Waals surface area contributed by atoms with Gasteiger partial charge in [-0.1, -0.05) is 6.07 Å². The average molecular weight is 517 g/mol. The number of carboxylic acid groups (broad SMARTS) is 1. The number of phenolic OH excluding ortho intramolecular Hbond substituents is 1. The number of esters is 3. The van der Waals surface area contributed by atoms with E-state index in [0.29, 0.717) is 24.9 Å². The summed E-state index contributed by atoms with van der Waals surface area (Å²) in [4.78, 5) is 50.1. The molecule has 1 aromatic carbocycles. The Hall–Kier alpha value is -3.64. The molecule has 2 aliphatic carbocycles. The van der Waals surface area contributed by atoms with Crippen LogP contribution in [-0.2, 0) is 45.2 Å². The molecule has 12 nitrogen and oxygen atoms in total. The number of aliphatic hydroxyl groups is 1. The number of likely N-dealkylation sites (N-methyl/N-ethyl adjacent to an activating group) is 1. The second-order valence-electron chi connectivity index (χ2n) is 9.92. The van der Waals surface area contributed by atoms with Gasteiger partial charge in [0.15, 0.2) is 17.6 Å². The molecule has 0 radical (unpaired) electrons. The van der Waals surface area contributed by atoms with E-state index < -0.39 is 53.2 Å². The molecule has 37 heavy (non-hydrogen) atoms. The van der Waals surface area contributed by atoms with E-state index in [4.69, 9.17) is 18.9 Å². The van der Waals surface area contributed by atoms with Crippen molar-refractivity contribution >= 4 is 23.9 Å². The van der Waals surface area contributed by atoms with Crippen molar-refractivity contribution in [2.24, 2.45) is 0 Å². The Morgan fingerprint density at radius 1 is 1.14 bits per heavy atom. The number of carboxylic acids is 1. The monoisotopic (exact) mass is 517 g/mol. The number of phenols is 1. The number of ether oxygens (including phenoxy) is 4. The van der Waals surface area contributed by atoms with Gasteiger partial charge in [-0.05, 0) is 44.1 Å². The van der Waals surface area contributed by atoms with E-state index >= 15 is 0 Å². The number of carbonyl (C=O) groups is 4. The Balaban J connectivity index is 1.55. The zero-order valence-corrected chi connectivity index (χ0v) is 20.4. The molecule has 0 saturated carbocycles. The van der Waals surface area contributed by atoms with Gasteiger partial charge in [-0.2, -0.15) is 0 Å². The molecule has 2 bridgehead atoms. The highest BCUT2D eigenvalue weighted by atomic mass is 16.6. The maximum Gasteiger partial charge on any atom is 0.357 e. The van der Waals surface area contributed by atoms with Crippen LogP contribution < -0.4 is 4.74 Å². The summed E-state index contributed by atoms with van der Waals surface area (Å²) >= 11 is 0. The lowest BCUT2D eigenvalue weighted by Crippen LogP contribution is -2.74. The number of hydrogen-bond acceptors (Lipinski definition) is 11. The molecule has 2 heterocycles. The van der Waals surface area contributed by atoms with Crippen LogP contribution in [0.1, 0.15) is 37.8 Å². The predicted octanol–water partition coefficient (Wildman–Crippen LogP) is 0.161. The summed E-state index contributed by atoms with van der Waals surface area (Å²) in [5.41, 5.74) is -0.771. The number of piperidine rings is 1. The van der Waals surface area contributed by atoms with Crippen molar-refractivity contribution in [1.82, 2.24) is 4.90 Å². The lowest BCUT2D eigenvalue weighted by molar-refractivity contribution is -0.190. The molecule has 0 aromatic heterocycles. The first-order valence-corrected chi connectivity index (χ1v) is 11.8. The second-order valence-corrected chi connectivity index (χ2v) is 9.92. The normalized spacial score (nSPS) is 30.6. The van der Waals surface area contributed by atoms with Crippen LogP contribution in [0.2, 0.25) is 0 Å². The van der Waals surface area contributed by atoms with E-state index in [-0.39, 0.29) is 29.7 Å². The number of rotatable bonds is 6. The highest BCUT2D eigenvalue weighted by Gasteiger charge is 2.72. The fraction of sp³-hybridized carbons (Fsp3) is 0.520. The SMILES string of the molecule is CC(=O)O[C@H](C(=O)O)[C@H](OC(C)=O)C(=O)OC1=CC[C@@]2(O)[C@H]3Cc4ccc(O)c5c4C2(CCN3C)C1O5. The van der Waals surface area contributed by atoms with Crippen LogP contribution in [0.4, 0.5) is 0 Å². The minimum Gasteiger partial charge on any atom is -0.504 e. The van der Waals surface area contributed by atoms with Crippen molar-refractivity contribution < 1.29 is 53.4 Å². The fourth-order valence-corrected chi connectivity index (χ4v) is 6.44. The summed E-state index contributed by atoms with van der Waals surface area (Å²) in [6, 6.07) is 3.05. The zero-order valence-electron chi connectivity index (χ0n) is 20.4. The van der Waals surface area contributed by atoms with Gasteiger partial charge in [-0.3, -0.25) is 9.59 Å². The van der Waals surface area contributed by atoms with E-state index in [1.54, 1.807) is 6.07 Å². The zero-order chi connectivity index (χ0) is 26.9. The van der Waals surface area contributed by atoms with Gasteiger partial charge in [-0.15, -0.1) is 0 Å². The molecule has 1 spiro atoms. The predicted molar refractivity (Wildman–Crippen MR) is 121 cm³/mol. The first-order chi connectivity index (χ1) is 17.4. The van der Waals surface area contributed by atoms with Crippen LogP contribution in [0.15, 0.2) is 24.0 Å². The number of hydrogen-bond donors (Lipinski definition) is 3. The Bertz CT molecular complexity index is 1240. The molecule has 1 saturated heterocycles. The van der Waals surface area contributed by atoms with Crippen molar-refractivity contribution in [3.8, 4) is 11.5 Å². The number of aliphatic carboxylic acids is 1. The number of nitrogens with zero attached hydrogens (tertiary/aromatic N) is 1. The van der Waals surface area contributed by atoms with E-state index in [1.165, 1.54) is 12.1 Å². The van der Waals surface area contributed by atoms with Crippen LogP contribution in [0, 0.1) is 0 Å². The van der Waals surface area contributed by atoms with Crippen molar-refractivity contribution in [1.29, 1.82) is 0 Å². The van der Waals surface area contributed by atoms with Gasteiger partial charge in [0.05, 0.1) is 11.0 Å². The van der Waals surface area contributed by atoms with Gasteiger partial charge < -0.3 is 39.2 Å². The van der Waals surface area contributed by atoms with Crippen LogP contribution in [0.5, 0.6) is 11.5 Å². The maximum absolute atomic E-state index is 13.2. The van der Waals surface area contributed by atoms with Crippen molar-refractivity contribution in [2.45, 2.75) is 68.5 Å². The van der Waals surface area contributed by atoms with E-state index in [0.717, 1.165) is 19.4 Å². The smallest absolute Gasteiger partial charge is 0.357 e. The second kappa shape index (κ2) is 8.45. The largest absolute Gasteiger partial charge is 0.504 e. The summed E-state index contributed by atoms with van der Waals surface area (Å²) < 4.78 is 21.4. The van der Waals surface area contributed by atoms with Gasteiger partial charge in [0.2, 0.25) is 12.2 Å². The number of carbonyl (C=O) groups excluding carboxylic acids is 3. The van der Waals surface area contributed by atoms with Crippen molar-refractivity contribution in [3.63, 3.8) is 0 Å². The molecule has 12 heteroatoms. The minimum absolute atomic E-state index is 0.0226. The third kappa shape index (κ3) is 3.50. The molecule has 2 unspecified atom stereocenters. The molecule has 2 aliphatic heterocycles. The Morgan fingerprint density at radius 3 is 2.46 bits per heavy atom. The van der Waals surface area contributed by atoms with Gasteiger partial charge in [-0.25, -0.2) is 9.59 Å². The quantitative estimate of drug-likeness (QED) is 0.346. The fourth-order valence-electron chi connectivity index (χ4n) is 6.44. The first-order valence-electron chi connectivity index (χ1n) is 11.8. The summed E-state index contributed by atoms with van der Waals surface area (Å²) in [5, 5.41) is 32.2. The molecule has 1 aromatic rings. The molecule has 6 atom stereocenters. The van der Waals surface area contributed by atoms with Gasteiger partial charge in [0.25, 0.3) is 0 Å². The highest BCUT2D eigenvalue weighted by Crippen LogP contribution is 2.65. The van der Waals surface area contributed by atoms with Gasteiger partial charge in [0.1, 0.15) is 5.76 Å². The topological polar surface area (TPSA) is 169 Å². The number of aromatic hydroxyl groups is 1. The Morgan fingerprint density at radius 2 is 1.81 bits per heavy atom. The lowest BCUT2D eigenvalue weighted by Gasteiger charge is -2.61. The van der Waals surface area contributed by atoms with Crippen molar-refractivity contribution in [2.75, 3.05) is 13.6 Å².